The van der Waals surface area contributed by atoms with E-state index in [-0.39, 0.29) is 0 Å². The third-order valence-corrected chi connectivity index (χ3v) is 3.19. The zero-order chi connectivity index (χ0) is 14.7. The first-order chi connectivity index (χ1) is 10.3. The predicted molar refractivity (Wildman–Crippen MR) is 79.0 cm³/mol. The van der Waals surface area contributed by atoms with Crippen molar-refractivity contribution in [2.45, 2.75) is 13.5 Å². The van der Waals surface area contributed by atoms with Gasteiger partial charge < -0.3 is 4.74 Å². The third-order valence-electron chi connectivity index (χ3n) is 2.92. The molecule has 21 heavy (non-hydrogen) atoms. The van der Waals surface area contributed by atoms with E-state index in [0.29, 0.717) is 17.9 Å². The Morgan fingerprint density at radius 1 is 1.29 bits per heavy atom. The second-order valence-corrected chi connectivity index (χ2v) is 4.69. The first kappa shape index (κ1) is 13.5. The van der Waals surface area contributed by atoms with Gasteiger partial charge in [0.05, 0.1) is 6.61 Å². The number of nitrogens with zero attached hydrogens (tertiary/aromatic N) is 5. The summed E-state index contributed by atoms with van der Waals surface area (Å²) >= 11 is 5.30. The number of aromatic nitrogens is 6. The monoisotopic (exact) mass is 302 g/mol. The Morgan fingerprint density at radius 3 is 2.76 bits per heavy atom. The molecule has 3 aromatic rings. The van der Waals surface area contributed by atoms with Gasteiger partial charge in [-0.1, -0.05) is 0 Å². The number of ether oxygens (including phenoxy) is 1. The summed E-state index contributed by atoms with van der Waals surface area (Å²) in [5.41, 5.74) is 0.923. The largest absolute Gasteiger partial charge is 0.494 e. The van der Waals surface area contributed by atoms with Crippen molar-refractivity contribution in [2.24, 2.45) is 0 Å². The van der Waals surface area contributed by atoms with Gasteiger partial charge in [0, 0.05) is 5.69 Å². The Kier molecular flexibility index (Phi) is 3.78. The number of aromatic amines is 1. The van der Waals surface area contributed by atoms with Crippen LogP contribution in [0.15, 0.2) is 36.9 Å². The van der Waals surface area contributed by atoms with Crippen LogP contribution in [-0.4, -0.2) is 36.1 Å². The van der Waals surface area contributed by atoms with Gasteiger partial charge in [-0.15, -0.1) is 0 Å². The lowest BCUT2D eigenvalue weighted by molar-refractivity contribution is 0.340. The Morgan fingerprint density at radius 2 is 2.10 bits per heavy atom. The van der Waals surface area contributed by atoms with Crippen molar-refractivity contribution in [1.82, 2.24) is 29.5 Å². The van der Waals surface area contributed by atoms with Crippen molar-refractivity contribution in [1.29, 1.82) is 0 Å². The molecule has 0 aliphatic carbocycles. The zero-order valence-electron chi connectivity index (χ0n) is 11.4. The van der Waals surface area contributed by atoms with Crippen LogP contribution in [0.25, 0.3) is 5.69 Å². The molecule has 0 aliphatic rings. The van der Waals surface area contributed by atoms with E-state index in [9.17, 15) is 0 Å². The van der Waals surface area contributed by atoms with Gasteiger partial charge >= 0.3 is 0 Å². The minimum Gasteiger partial charge on any atom is -0.494 e. The fraction of sp³-hybridized carbons (Fsp3) is 0.231. The fourth-order valence-electron chi connectivity index (χ4n) is 2.02. The van der Waals surface area contributed by atoms with E-state index in [2.05, 4.69) is 20.3 Å². The molecule has 1 N–H and O–H groups in total. The smallest absolute Gasteiger partial charge is 0.199 e. The Labute approximate surface area is 126 Å². The molecule has 7 nitrogen and oxygen atoms in total. The van der Waals surface area contributed by atoms with Crippen LogP contribution in [0.4, 0.5) is 0 Å². The van der Waals surface area contributed by atoms with Crippen LogP contribution in [0.5, 0.6) is 5.75 Å². The molecule has 0 unspecified atom stereocenters. The molecule has 8 heteroatoms. The molecule has 0 amide bonds. The highest BCUT2D eigenvalue weighted by Crippen LogP contribution is 2.17. The number of benzene rings is 1. The zero-order valence-corrected chi connectivity index (χ0v) is 12.2. The summed E-state index contributed by atoms with van der Waals surface area (Å²) in [5.74, 6) is 1.59. The number of hydrogen-bond acceptors (Lipinski definition) is 5. The maximum atomic E-state index is 5.44. The van der Waals surface area contributed by atoms with Gasteiger partial charge in [-0.3, -0.25) is 9.67 Å². The molecular formula is C13H14N6OS. The minimum absolute atomic E-state index is 0.486. The SMILES string of the molecule is CCOc1ccc(-n2c(Cn3cncn3)n[nH]c2=S)cc1. The summed E-state index contributed by atoms with van der Waals surface area (Å²) in [5, 5.41) is 11.1. The van der Waals surface area contributed by atoms with Crippen LogP contribution in [0, 0.1) is 4.77 Å². The standard InChI is InChI=1S/C13H14N6OS/c1-2-20-11-5-3-10(4-6-11)19-12(16-17-13(19)21)7-18-9-14-8-15-18/h3-6,8-9H,2,7H2,1H3,(H,17,21). The topological polar surface area (TPSA) is 73.6 Å². The molecule has 1 aromatic carbocycles. The number of H-pyrrole nitrogens is 1. The average Bonchev–Trinajstić information content (AvgIpc) is 3.11. The molecule has 0 saturated carbocycles. The van der Waals surface area contributed by atoms with Gasteiger partial charge in [-0.25, -0.2) is 9.67 Å². The maximum absolute atomic E-state index is 5.44. The Hall–Kier alpha value is -2.48. The second kappa shape index (κ2) is 5.88. The molecule has 0 bridgehead atoms. The first-order valence-electron chi connectivity index (χ1n) is 6.50. The predicted octanol–water partition coefficient (Wildman–Crippen LogP) is 1.97. The van der Waals surface area contributed by atoms with Crippen molar-refractivity contribution in [3.8, 4) is 11.4 Å². The molecular weight excluding hydrogens is 288 g/mol. The van der Waals surface area contributed by atoms with E-state index < -0.39 is 0 Å². The lowest BCUT2D eigenvalue weighted by Crippen LogP contribution is -2.08. The van der Waals surface area contributed by atoms with Gasteiger partial charge in [0.15, 0.2) is 10.6 Å². The first-order valence-corrected chi connectivity index (χ1v) is 6.90. The van der Waals surface area contributed by atoms with Gasteiger partial charge in [0.25, 0.3) is 0 Å². The number of hydrogen-bond donors (Lipinski definition) is 1. The van der Waals surface area contributed by atoms with E-state index in [0.717, 1.165) is 17.3 Å². The molecule has 3 rings (SSSR count). The van der Waals surface area contributed by atoms with Crippen LogP contribution in [0.3, 0.4) is 0 Å². The molecule has 0 radical (unpaired) electrons. The van der Waals surface area contributed by atoms with E-state index in [4.69, 9.17) is 17.0 Å². The molecule has 2 heterocycles. The molecule has 0 saturated heterocycles. The lowest BCUT2D eigenvalue weighted by atomic mass is 10.3. The molecule has 0 atom stereocenters. The molecule has 2 aromatic heterocycles. The van der Waals surface area contributed by atoms with Crippen molar-refractivity contribution >= 4 is 12.2 Å². The van der Waals surface area contributed by atoms with Crippen LogP contribution in [0.1, 0.15) is 12.7 Å². The summed E-state index contributed by atoms with van der Waals surface area (Å²) in [6.45, 7) is 3.08. The minimum atomic E-state index is 0.486. The van der Waals surface area contributed by atoms with Crippen molar-refractivity contribution in [3.05, 3.63) is 47.5 Å². The normalized spacial score (nSPS) is 10.7. The van der Waals surface area contributed by atoms with Crippen molar-refractivity contribution in [3.63, 3.8) is 0 Å². The van der Waals surface area contributed by atoms with Crippen molar-refractivity contribution in [2.75, 3.05) is 6.61 Å². The summed E-state index contributed by atoms with van der Waals surface area (Å²) in [6.07, 6.45) is 3.13. The second-order valence-electron chi connectivity index (χ2n) is 4.30. The lowest BCUT2D eigenvalue weighted by Gasteiger charge is -2.08. The average molecular weight is 302 g/mol. The summed E-state index contributed by atoms with van der Waals surface area (Å²) in [6, 6.07) is 7.71. The van der Waals surface area contributed by atoms with Crippen LogP contribution in [0.2, 0.25) is 0 Å². The summed E-state index contributed by atoms with van der Waals surface area (Å²) in [4.78, 5) is 3.92. The van der Waals surface area contributed by atoms with Gasteiger partial charge in [0.2, 0.25) is 0 Å². The van der Waals surface area contributed by atoms with E-state index in [1.54, 1.807) is 11.0 Å². The maximum Gasteiger partial charge on any atom is 0.199 e. The highest BCUT2D eigenvalue weighted by atomic mass is 32.1. The Balaban J connectivity index is 1.94. The molecule has 108 valence electrons. The molecule has 0 fully saturated rings. The summed E-state index contributed by atoms with van der Waals surface area (Å²) in [7, 11) is 0. The number of rotatable bonds is 5. The van der Waals surface area contributed by atoms with Crippen LogP contribution in [-0.2, 0) is 6.54 Å². The molecule has 0 spiro atoms. The van der Waals surface area contributed by atoms with Gasteiger partial charge in [-0.2, -0.15) is 10.2 Å². The number of nitrogens with one attached hydrogen (secondary N) is 1. The highest BCUT2D eigenvalue weighted by Gasteiger charge is 2.09. The van der Waals surface area contributed by atoms with Crippen LogP contribution >= 0.6 is 12.2 Å². The van der Waals surface area contributed by atoms with Gasteiger partial charge in [0.1, 0.15) is 24.9 Å². The highest BCUT2D eigenvalue weighted by molar-refractivity contribution is 7.71. The molecule has 0 aliphatic heterocycles. The third kappa shape index (κ3) is 2.84. The summed E-state index contributed by atoms with van der Waals surface area (Å²) < 4.78 is 9.54. The van der Waals surface area contributed by atoms with Crippen LogP contribution < -0.4 is 4.74 Å². The van der Waals surface area contributed by atoms with E-state index >= 15 is 0 Å². The Bertz CT molecular complexity index is 759. The fourth-order valence-corrected chi connectivity index (χ4v) is 2.28. The van der Waals surface area contributed by atoms with Gasteiger partial charge in [-0.05, 0) is 43.4 Å². The van der Waals surface area contributed by atoms with Crippen molar-refractivity contribution < 1.29 is 4.74 Å². The van der Waals surface area contributed by atoms with E-state index in [1.807, 2.05) is 35.8 Å². The van der Waals surface area contributed by atoms with E-state index in [1.165, 1.54) is 6.33 Å². The quantitative estimate of drug-likeness (QED) is 0.729.